The van der Waals surface area contributed by atoms with Crippen molar-refractivity contribution in [3.8, 4) is 11.3 Å². The lowest BCUT2D eigenvalue weighted by molar-refractivity contribution is -0.122. The summed E-state index contributed by atoms with van der Waals surface area (Å²) in [7, 11) is -1.72. The molecule has 1 aliphatic rings. The van der Waals surface area contributed by atoms with Crippen molar-refractivity contribution in [2.75, 3.05) is 37.0 Å². The summed E-state index contributed by atoms with van der Waals surface area (Å²) in [4.78, 5) is 28.6. The second kappa shape index (κ2) is 11.4. The highest BCUT2D eigenvalue weighted by atomic mass is 32.2. The number of fused-ring (bicyclic) bond motifs is 1. The summed E-state index contributed by atoms with van der Waals surface area (Å²) in [5, 5.41) is 6.27. The predicted octanol–water partition coefficient (Wildman–Crippen LogP) is 4.40. The molecule has 3 heterocycles. The van der Waals surface area contributed by atoms with Gasteiger partial charge in [-0.1, -0.05) is 18.2 Å². The summed E-state index contributed by atoms with van der Waals surface area (Å²) in [5.74, 6) is -1.98. The number of piperazine rings is 1. The third kappa shape index (κ3) is 5.72. The number of hydrogen-bond donors (Lipinski definition) is 3. The van der Waals surface area contributed by atoms with Gasteiger partial charge in [0.15, 0.2) is 21.5 Å². The van der Waals surface area contributed by atoms with Crippen LogP contribution >= 0.6 is 0 Å². The van der Waals surface area contributed by atoms with Gasteiger partial charge in [0.1, 0.15) is 10.6 Å². The Bertz CT molecular complexity index is 1750. The van der Waals surface area contributed by atoms with Crippen LogP contribution < -0.4 is 10.6 Å². The number of sulfone groups is 1. The third-order valence-electron chi connectivity index (χ3n) is 7.90. The molecule has 3 N–H and O–H groups in total. The van der Waals surface area contributed by atoms with E-state index in [1.165, 1.54) is 12.1 Å². The maximum Gasteiger partial charge on any atom is 0.241 e. The number of carbonyl (C=O) groups excluding carboxylic acids is 1. The highest BCUT2D eigenvalue weighted by Crippen LogP contribution is 2.34. The number of aromatic nitrogens is 3. The van der Waals surface area contributed by atoms with Crippen molar-refractivity contribution in [1.29, 1.82) is 0 Å². The van der Waals surface area contributed by atoms with Crippen molar-refractivity contribution in [2.45, 2.75) is 43.8 Å². The topological polar surface area (TPSA) is 123 Å². The Morgan fingerprint density at radius 2 is 1.76 bits per heavy atom. The van der Waals surface area contributed by atoms with Gasteiger partial charge >= 0.3 is 0 Å². The first-order valence-electron chi connectivity index (χ1n) is 13.5. The zero-order valence-corrected chi connectivity index (χ0v) is 24.8. The Kier molecular flexibility index (Phi) is 8.01. The van der Waals surface area contributed by atoms with Crippen molar-refractivity contribution >= 4 is 44.0 Å². The zero-order valence-electron chi connectivity index (χ0n) is 23.9. The lowest BCUT2D eigenvalue weighted by Gasteiger charge is -2.44. The van der Waals surface area contributed by atoms with Crippen LogP contribution in [0.4, 0.5) is 26.1 Å². The highest BCUT2D eigenvalue weighted by Gasteiger charge is 2.32. The Morgan fingerprint density at radius 3 is 2.45 bits per heavy atom. The second-order valence-electron chi connectivity index (χ2n) is 10.8. The SMILES string of the molecule is C[C@H](C(=O)Nc1cccc2c(-c3nc(Nc4cccc(S(C)(=O)=O)c4F)ncc3F)c[nH]c12)N1C[C@H](C)N(C)[C@@H](C)C1. The number of para-hydroxylation sites is 1. The fourth-order valence-corrected chi connectivity index (χ4v) is 6.01. The van der Waals surface area contributed by atoms with Crippen LogP contribution in [-0.4, -0.2) is 83.6 Å². The molecule has 0 radical (unpaired) electrons. The van der Waals surface area contributed by atoms with Gasteiger partial charge in [0.05, 0.1) is 29.1 Å². The maximum atomic E-state index is 15.0. The molecule has 2 aromatic carbocycles. The first-order valence-corrected chi connectivity index (χ1v) is 15.4. The molecule has 0 aliphatic carbocycles. The molecule has 0 spiro atoms. The van der Waals surface area contributed by atoms with E-state index in [1.807, 2.05) is 6.92 Å². The Morgan fingerprint density at radius 1 is 1.10 bits per heavy atom. The molecule has 0 saturated carbocycles. The fourth-order valence-electron chi connectivity index (χ4n) is 5.25. The van der Waals surface area contributed by atoms with E-state index in [1.54, 1.807) is 24.4 Å². The van der Waals surface area contributed by atoms with Gasteiger partial charge in [0, 0.05) is 48.6 Å². The third-order valence-corrected chi connectivity index (χ3v) is 9.01. The van der Waals surface area contributed by atoms with Gasteiger partial charge in [-0.3, -0.25) is 14.6 Å². The number of aromatic amines is 1. The van der Waals surface area contributed by atoms with Crippen LogP contribution in [0.3, 0.4) is 0 Å². The molecule has 42 heavy (non-hydrogen) atoms. The number of benzene rings is 2. The number of anilines is 3. The predicted molar refractivity (Wildman–Crippen MR) is 158 cm³/mol. The Balaban J connectivity index is 1.41. The van der Waals surface area contributed by atoms with Gasteiger partial charge in [0.25, 0.3) is 0 Å². The first-order chi connectivity index (χ1) is 19.8. The van der Waals surface area contributed by atoms with Gasteiger partial charge in [-0.25, -0.2) is 27.2 Å². The maximum absolute atomic E-state index is 15.0. The van der Waals surface area contributed by atoms with Crippen molar-refractivity contribution in [2.24, 2.45) is 0 Å². The Labute approximate surface area is 243 Å². The van der Waals surface area contributed by atoms with Crippen LogP contribution in [0.2, 0.25) is 0 Å². The van der Waals surface area contributed by atoms with E-state index in [0.717, 1.165) is 31.6 Å². The van der Waals surface area contributed by atoms with Crippen molar-refractivity contribution in [3.63, 3.8) is 0 Å². The van der Waals surface area contributed by atoms with Gasteiger partial charge in [-0.05, 0) is 46.0 Å². The number of likely N-dealkylation sites (N-methyl/N-ethyl adjacent to an activating group) is 1. The van der Waals surface area contributed by atoms with E-state index in [9.17, 15) is 17.6 Å². The van der Waals surface area contributed by atoms with Crippen LogP contribution in [0.25, 0.3) is 22.2 Å². The van der Waals surface area contributed by atoms with Crippen molar-refractivity contribution < 1.29 is 22.0 Å². The lowest BCUT2D eigenvalue weighted by Crippen LogP contribution is -2.58. The minimum absolute atomic E-state index is 0.0596. The van der Waals surface area contributed by atoms with Gasteiger partial charge in [0.2, 0.25) is 11.9 Å². The summed E-state index contributed by atoms with van der Waals surface area (Å²) in [5.41, 5.74) is 1.31. The Hall–Kier alpha value is -3.94. The average molecular weight is 598 g/mol. The number of amides is 1. The average Bonchev–Trinajstić information content (AvgIpc) is 3.37. The van der Waals surface area contributed by atoms with Crippen LogP contribution in [0, 0.1) is 11.6 Å². The molecule has 5 rings (SSSR count). The molecule has 13 heteroatoms. The van der Waals surface area contributed by atoms with Gasteiger partial charge < -0.3 is 15.6 Å². The van der Waals surface area contributed by atoms with Crippen LogP contribution in [0.15, 0.2) is 53.7 Å². The molecular weight excluding hydrogens is 564 g/mol. The highest BCUT2D eigenvalue weighted by molar-refractivity contribution is 7.90. The minimum Gasteiger partial charge on any atom is -0.359 e. The number of hydrogen-bond acceptors (Lipinski definition) is 8. The van der Waals surface area contributed by atoms with Crippen LogP contribution in [0.1, 0.15) is 20.8 Å². The number of rotatable bonds is 7. The molecule has 10 nitrogen and oxygen atoms in total. The summed E-state index contributed by atoms with van der Waals surface area (Å²) < 4.78 is 53.7. The summed E-state index contributed by atoms with van der Waals surface area (Å²) >= 11 is 0. The molecule has 1 fully saturated rings. The molecular formula is C29H33F2N7O3S. The standard InChI is InChI=1S/C29H33F2N7O3S/c1-16-14-38(15-17(2)37(16)4)18(3)28(39)34-23-10-6-8-19-20(12-32-27(19)23)26-21(30)13-33-29(36-26)35-22-9-7-11-24(25(22)31)42(5,40)41/h6-13,16-18,32H,14-15H2,1-5H3,(H,34,39)(H,33,35,36)/t16-,17-,18+/m0/s1. The van der Waals surface area contributed by atoms with E-state index in [4.69, 9.17) is 0 Å². The normalized spacial score (nSPS) is 19.1. The summed E-state index contributed by atoms with van der Waals surface area (Å²) in [6, 6.07) is 9.45. The first kappa shape index (κ1) is 29.5. The van der Waals surface area contributed by atoms with E-state index in [2.05, 4.69) is 56.3 Å². The van der Waals surface area contributed by atoms with E-state index in [0.29, 0.717) is 34.2 Å². The molecule has 0 unspecified atom stereocenters. The molecule has 3 atom stereocenters. The fraction of sp³-hybridized carbons (Fsp3) is 0.345. The zero-order chi connectivity index (χ0) is 30.3. The molecule has 0 bridgehead atoms. The number of halogens is 2. The minimum atomic E-state index is -3.81. The van der Waals surface area contributed by atoms with Crippen molar-refractivity contribution in [1.82, 2.24) is 24.8 Å². The van der Waals surface area contributed by atoms with Gasteiger partial charge in [-0.15, -0.1) is 0 Å². The van der Waals surface area contributed by atoms with E-state index in [-0.39, 0.29) is 29.3 Å². The molecule has 1 saturated heterocycles. The molecule has 222 valence electrons. The van der Waals surface area contributed by atoms with E-state index < -0.39 is 26.4 Å². The van der Waals surface area contributed by atoms with E-state index >= 15 is 4.39 Å². The second-order valence-corrected chi connectivity index (χ2v) is 12.8. The smallest absolute Gasteiger partial charge is 0.241 e. The summed E-state index contributed by atoms with van der Waals surface area (Å²) in [6.07, 6.45) is 3.43. The molecule has 2 aromatic heterocycles. The van der Waals surface area contributed by atoms with Crippen molar-refractivity contribution in [3.05, 3.63) is 60.4 Å². The lowest BCUT2D eigenvalue weighted by atomic mass is 10.1. The number of H-pyrrole nitrogens is 1. The number of nitrogens with zero attached hydrogens (tertiary/aromatic N) is 4. The number of nitrogens with one attached hydrogen (secondary N) is 3. The largest absolute Gasteiger partial charge is 0.359 e. The quantitative estimate of drug-likeness (QED) is 0.287. The number of carbonyl (C=O) groups is 1. The monoisotopic (exact) mass is 597 g/mol. The summed E-state index contributed by atoms with van der Waals surface area (Å²) in [6.45, 7) is 7.73. The molecule has 4 aromatic rings. The molecule has 1 amide bonds. The van der Waals surface area contributed by atoms with Crippen LogP contribution in [-0.2, 0) is 14.6 Å². The molecule has 1 aliphatic heterocycles. The van der Waals surface area contributed by atoms with Crippen LogP contribution in [0.5, 0.6) is 0 Å². The van der Waals surface area contributed by atoms with Gasteiger partial charge in [-0.2, -0.15) is 0 Å².